The van der Waals surface area contributed by atoms with Gasteiger partial charge in [0, 0.05) is 12.6 Å². The molecule has 0 saturated carbocycles. The zero-order valence-corrected chi connectivity index (χ0v) is 13.3. The van der Waals surface area contributed by atoms with Crippen molar-refractivity contribution in [1.82, 2.24) is 15.1 Å². The Labute approximate surface area is 136 Å². The molecule has 0 fully saturated rings. The summed E-state index contributed by atoms with van der Waals surface area (Å²) in [6, 6.07) is 22.5. The van der Waals surface area contributed by atoms with Gasteiger partial charge >= 0.3 is 0 Å². The van der Waals surface area contributed by atoms with E-state index in [1.165, 1.54) is 5.56 Å². The second-order valence-electron chi connectivity index (χ2n) is 5.42. The average Bonchev–Trinajstić information content (AvgIpc) is 2.97. The highest BCUT2D eigenvalue weighted by molar-refractivity contribution is 5.22. The fourth-order valence-electron chi connectivity index (χ4n) is 2.44. The Morgan fingerprint density at radius 3 is 2.26 bits per heavy atom. The third-order valence-corrected chi connectivity index (χ3v) is 3.56. The van der Waals surface area contributed by atoms with Crippen molar-refractivity contribution in [3.05, 3.63) is 83.6 Å². The lowest BCUT2D eigenvalue weighted by atomic mass is 10.2. The van der Waals surface area contributed by atoms with Crippen molar-refractivity contribution >= 4 is 0 Å². The summed E-state index contributed by atoms with van der Waals surface area (Å²) in [5.41, 5.74) is 3.33. The summed E-state index contributed by atoms with van der Waals surface area (Å²) in [6.45, 7) is 1.97. The molecule has 0 unspecified atom stereocenters. The van der Waals surface area contributed by atoms with Crippen molar-refractivity contribution in [2.24, 2.45) is 0 Å². The molecule has 0 saturated heterocycles. The van der Waals surface area contributed by atoms with Gasteiger partial charge in [0.1, 0.15) is 6.61 Å². The molecule has 1 aromatic heterocycles. The quantitative estimate of drug-likeness (QED) is 0.728. The predicted molar refractivity (Wildman–Crippen MR) is 91.3 cm³/mol. The summed E-state index contributed by atoms with van der Waals surface area (Å²) < 4.78 is 7.92. The highest BCUT2D eigenvalue weighted by atomic mass is 16.5. The zero-order valence-electron chi connectivity index (χ0n) is 13.3. The van der Waals surface area contributed by atoms with Gasteiger partial charge in [0.05, 0.1) is 12.2 Å². The number of nitrogens with one attached hydrogen (secondary N) is 1. The third-order valence-electron chi connectivity index (χ3n) is 3.56. The van der Waals surface area contributed by atoms with Gasteiger partial charge in [-0.2, -0.15) is 5.10 Å². The highest BCUT2D eigenvalue weighted by Crippen LogP contribution is 2.17. The SMILES string of the molecule is CNCc1cc(OCc2ccccc2)n(Cc2ccccc2)n1. The Balaban J connectivity index is 1.77. The van der Waals surface area contributed by atoms with Gasteiger partial charge in [0.15, 0.2) is 0 Å². The van der Waals surface area contributed by atoms with Crippen LogP contribution >= 0.6 is 0 Å². The summed E-state index contributed by atoms with van der Waals surface area (Å²) in [5, 5.41) is 7.77. The molecule has 0 aliphatic rings. The molecule has 0 amide bonds. The van der Waals surface area contributed by atoms with Gasteiger partial charge in [-0.25, -0.2) is 4.68 Å². The van der Waals surface area contributed by atoms with Crippen LogP contribution in [0.25, 0.3) is 0 Å². The molecule has 3 rings (SSSR count). The molecule has 4 nitrogen and oxygen atoms in total. The van der Waals surface area contributed by atoms with Gasteiger partial charge in [0.25, 0.3) is 0 Å². The van der Waals surface area contributed by atoms with Crippen LogP contribution in [0.15, 0.2) is 66.7 Å². The smallest absolute Gasteiger partial charge is 0.212 e. The average molecular weight is 307 g/mol. The summed E-state index contributed by atoms with van der Waals surface area (Å²) in [4.78, 5) is 0. The molecule has 0 spiro atoms. The van der Waals surface area contributed by atoms with E-state index in [1.807, 2.05) is 54.2 Å². The predicted octanol–water partition coefficient (Wildman–Crippen LogP) is 3.23. The second kappa shape index (κ2) is 7.61. The van der Waals surface area contributed by atoms with Crippen LogP contribution in [-0.2, 0) is 19.7 Å². The van der Waals surface area contributed by atoms with E-state index in [2.05, 4.69) is 34.7 Å². The van der Waals surface area contributed by atoms with Gasteiger partial charge in [-0.05, 0) is 18.2 Å². The van der Waals surface area contributed by atoms with E-state index < -0.39 is 0 Å². The van der Waals surface area contributed by atoms with Gasteiger partial charge in [0.2, 0.25) is 5.88 Å². The van der Waals surface area contributed by atoms with Crippen LogP contribution in [0, 0.1) is 0 Å². The van der Waals surface area contributed by atoms with Crippen molar-refractivity contribution in [1.29, 1.82) is 0 Å². The maximum absolute atomic E-state index is 6.00. The van der Waals surface area contributed by atoms with Crippen molar-refractivity contribution in [2.45, 2.75) is 19.7 Å². The molecule has 4 heteroatoms. The molecule has 0 atom stereocenters. The first-order chi connectivity index (χ1) is 11.3. The lowest BCUT2D eigenvalue weighted by Crippen LogP contribution is -2.08. The number of nitrogens with zero attached hydrogens (tertiary/aromatic N) is 2. The van der Waals surface area contributed by atoms with Crippen LogP contribution in [0.5, 0.6) is 5.88 Å². The minimum Gasteiger partial charge on any atom is -0.473 e. The van der Waals surface area contributed by atoms with Crippen molar-refractivity contribution in [3.8, 4) is 5.88 Å². The van der Waals surface area contributed by atoms with Crippen LogP contribution in [0.3, 0.4) is 0 Å². The fraction of sp³-hybridized carbons (Fsp3) is 0.211. The van der Waals surface area contributed by atoms with E-state index in [0.717, 1.165) is 23.7 Å². The van der Waals surface area contributed by atoms with Crippen LogP contribution in [0.2, 0.25) is 0 Å². The molecule has 1 heterocycles. The second-order valence-corrected chi connectivity index (χ2v) is 5.42. The molecule has 118 valence electrons. The molecule has 0 aliphatic carbocycles. The maximum Gasteiger partial charge on any atom is 0.212 e. The first kappa shape index (κ1) is 15.3. The number of benzene rings is 2. The molecule has 0 aliphatic heterocycles. The van der Waals surface area contributed by atoms with E-state index in [0.29, 0.717) is 13.2 Å². The topological polar surface area (TPSA) is 39.1 Å². The van der Waals surface area contributed by atoms with Crippen LogP contribution in [0.4, 0.5) is 0 Å². The number of rotatable bonds is 7. The Morgan fingerprint density at radius 2 is 1.61 bits per heavy atom. The first-order valence-electron chi connectivity index (χ1n) is 7.77. The molecule has 0 radical (unpaired) electrons. The van der Waals surface area contributed by atoms with Crippen molar-refractivity contribution in [2.75, 3.05) is 7.05 Å². The van der Waals surface area contributed by atoms with Crippen molar-refractivity contribution < 1.29 is 4.74 Å². The lowest BCUT2D eigenvalue weighted by molar-refractivity contribution is 0.275. The molecule has 2 aromatic carbocycles. The van der Waals surface area contributed by atoms with Crippen molar-refractivity contribution in [3.63, 3.8) is 0 Å². The summed E-state index contributed by atoms with van der Waals surface area (Å²) >= 11 is 0. The molecule has 23 heavy (non-hydrogen) atoms. The van der Waals surface area contributed by atoms with Gasteiger partial charge in [-0.15, -0.1) is 0 Å². The van der Waals surface area contributed by atoms with E-state index in [-0.39, 0.29) is 0 Å². The zero-order chi connectivity index (χ0) is 15.9. The van der Waals surface area contributed by atoms with Gasteiger partial charge < -0.3 is 10.1 Å². The maximum atomic E-state index is 6.00. The minimum absolute atomic E-state index is 0.542. The Morgan fingerprint density at radius 1 is 0.957 bits per heavy atom. The van der Waals surface area contributed by atoms with E-state index in [1.54, 1.807) is 0 Å². The third kappa shape index (κ3) is 4.20. The normalized spacial score (nSPS) is 10.7. The molecule has 1 N–H and O–H groups in total. The van der Waals surface area contributed by atoms with Crippen LogP contribution < -0.4 is 10.1 Å². The summed E-state index contributed by atoms with van der Waals surface area (Å²) in [6.07, 6.45) is 0. The first-order valence-corrected chi connectivity index (χ1v) is 7.77. The van der Waals surface area contributed by atoms with E-state index >= 15 is 0 Å². The van der Waals surface area contributed by atoms with Crippen LogP contribution in [-0.4, -0.2) is 16.8 Å². The summed E-state index contributed by atoms with van der Waals surface area (Å²) in [5.74, 6) is 0.794. The number of hydrogen-bond acceptors (Lipinski definition) is 3. The fourth-order valence-corrected chi connectivity index (χ4v) is 2.44. The Bertz CT molecular complexity index is 723. The Kier molecular flexibility index (Phi) is 5.06. The number of aromatic nitrogens is 2. The van der Waals surface area contributed by atoms with Gasteiger partial charge in [-0.3, -0.25) is 0 Å². The van der Waals surface area contributed by atoms with Gasteiger partial charge in [-0.1, -0.05) is 60.7 Å². The molecule has 0 bridgehead atoms. The molecular formula is C19H21N3O. The standard InChI is InChI=1S/C19H21N3O/c1-20-13-18-12-19(23-15-17-10-6-3-7-11-17)22(21-18)14-16-8-4-2-5-9-16/h2-12,20H,13-15H2,1H3. The molecular weight excluding hydrogens is 286 g/mol. The molecule has 3 aromatic rings. The van der Waals surface area contributed by atoms with E-state index in [9.17, 15) is 0 Å². The summed E-state index contributed by atoms with van der Waals surface area (Å²) in [7, 11) is 1.92. The highest BCUT2D eigenvalue weighted by Gasteiger charge is 2.09. The van der Waals surface area contributed by atoms with Crippen LogP contribution in [0.1, 0.15) is 16.8 Å². The largest absolute Gasteiger partial charge is 0.473 e. The number of hydrogen-bond donors (Lipinski definition) is 1. The van der Waals surface area contributed by atoms with E-state index in [4.69, 9.17) is 4.74 Å². The monoisotopic (exact) mass is 307 g/mol. The number of ether oxygens (including phenoxy) is 1. The minimum atomic E-state index is 0.542. The Hall–Kier alpha value is -2.59. The lowest BCUT2D eigenvalue weighted by Gasteiger charge is -2.09.